The molecule has 0 atom stereocenters. The maximum atomic E-state index is 9.78. The van der Waals surface area contributed by atoms with Gasteiger partial charge >= 0.3 is 0 Å². The molecular formula is C21H19ClN2S. The minimum Gasteiger partial charge on any atom is -0.379 e. The van der Waals surface area contributed by atoms with Crippen molar-refractivity contribution in [2.75, 3.05) is 5.32 Å². The Labute approximate surface area is 157 Å². The molecule has 0 saturated carbocycles. The molecule has 1 N–H and O–H groups in total. The van der Waals surface area contributed by atoms with Crippen LogP contribution in [0.15, 0.2) is 54.6 Å². The minimum atomic E-state index is 0.607. The Kier molecular flexibility index (Phi) is 5.75. The molecule has 1 aromatic heterocycles. The van der Waals surface area contributed by atoms with Crippen LogP contribution in [0.25, 0.3) is 10.4 Å². The lowest BCUT2D eigenvalue weighted by molar-refractivity contribution is 0.937. The Morgan fingerprint density at radius 3 is 2.48 bits per heavy atom. The van der Waals surface area contributed by atoms with E-state index in [1.807, 2.05) is 42.5 Å². The molecule has 0 saturated heterocycles. The second-order valence-electron chi connectivity index (χ2n) is 5.78. The Hall–Kier alpha value is -2.28. The number of halogens is 1. The van der Waals surface area contributed by atoms with E-state index >= 15 is 0 Å². The van der Waals surface area contributed by atoms with Crippen LogP contribution in [0.3, 0.4) is 0 Å². The second-order valence-corrected chi connectivity index (χ2v) is 7.29. The first kappa shape index (κ1) is 17.5. The first-order valence-electron chi connectivity index (χ1n) is 8.33. The van der Waals surface area contributed by atoms with Crippen molar-refractivity contribution in [2.24, 2.45) is 0 Å². The molecule has 0 amide bonds. The summed E-state index contributed by atoms with van der Waals surface area (Å²) in [6.07, 6.45) is 2.00. The third-order valence-electron chi connectivity index (χ3n) is 4.02. The number of nitriles is 1. The Bertz CT molecular complexity index is 894. The number of aryl methyl sites for hydroxylation is 1. The summed E-state index contributed by atoms with van der Waals surface area (Å²) < 4.78 is 0. The molecular weight excluding hydrogens is 348 g/mol. The number of hydrogen-bond donors (Lipinski definition) is 1. The van der Waals surface area contributed by atoms with Crippen molar-refractivity contribution < 1.29 is 0 Å². The SMILES string of the molecule is CCCc1sc(-c2ccccc2)c(C#N)c1NCc1ccccc1Cl. The molecule has 126 valence electrons. The van der Waals surface area contributed by atoms with Crippen LogP contribution in [0.5, 0.6) is 0 Å². The van der Waals surface area contributed by atoms with Gasteiger partial charge in [0.05, 0.1) is 16.1 Å². The topological polar surface area (TPSA) is 35.8 Å². The van der Waals surface area contributed by atoms with E-state index in [2.05, 4.69) is 30.4 Å². The van der Waals surface area contributed by atoms with Crippen LogP contribution in [-0.2, 0) is 13.0 Å². The van der Waals surface area contributed by atoms with Gasteiger partial charge in [-0.25, -0.2) is 0 Å². The maximum Gasteiger partial charge on any atom is 0.103 e. The normalized spacial score (nSPS) is 10.4. The van der Waals surface area contributed by atoms with Crippen LogP contribution in [0.4, 0.5) is 5.69 Å². The van der Waals surface area contributed by atoms with E-state index in [1.54, 1.807) is 11.3 Å². The van der Waals surface area contributed by atoms with Gasteiger partial charge in [0, 0.05) is 16.4 Å². The molecule has 2 nitrogen and oxygen atoms in total. The second kappa shape index (κ2) is 8.20. The Balaban J connectivity index is 1.98. The molecule has 0 unspecified atom stereocenters. The lowest BCUT2D eigenvalue weighted by Crippen LogP contribution is -2.02. The zero-order chi connectivity index (χ0) is 17.6. The number of nitrogens with zero attached hydrogens (tertiary/aromatic N) is 1. The fraction of sp³-hybridized carbons (Fsp3) is 0.190. The molecule has 3 aromatic rings. The van der Waals surface area contributed by atoms with Crippen molar-refractivity contribution in [3.05, 3.63) is 75.6 Å². The average Bonchev–Trinajstić information content (AvgIpc) is 2.99. The number of hydrogen-bond acceptors (Lipinski definition) is 3. The molecule has 0 aliphatic rings. The van der Waals surface area contributed by atoms with E-state index in [4.69, 9.17) is 11.6 Å². The fourth-order valence-electron chi connectivity index (χ4n) is 2.79. The van der Waals surface area contributed by atoms with E-state index in [9.17, 15) is 5.26 Å². The monoisotopic (exact) mass is 366 g/mol. The van der Waals surface area contributed by atoms with Crippen LogP contribution in [0.1, 0.15) is 29.3 Å². The average molecular weight is 367 g/mol. The summed E-state index contributed by atoms with van der Waals surface area (Å²) in [5.41, 5.74) is 3.80. The molecule has 0 fully saturated rings. The third kappa shape index (κ3) is 3.87. The van der Waals surface area contributed by atoms with E-state index in [-0.39, 0.29) is 0 Å². The van der Waals surface area contributed by atoms with Crippen LogP contribution in [-0.4, -0.2) is 0 Å². The lowest BCUT2D eigenvalue weighted by Gasteiger charge is -2.09. The molecule has 4 heteroatoms. The molecule has 0 radical (unpaired) electrons. The van der Waals surface area contributed by atoms with Gasteiger partial charge in [0.15, 0.2) is 0 Å². The number of rotatable bonds is 6. The summed E-state index contributed by atoms with van der Waals surface area (Å²) in [4.78, 5) is 2.26. The first-order valence-corrected chi connectivity index (χ1v) is 9.52. The van der Waals surface area contributed by atoms with Crippen LogP contribution in [0, 0.1) is 11.3 Å². The Morgan fingerprint density at radius 1 is 1.08 bits per heavy atom. The van der Waals surface area contributed by atoms with Crippen molar-refractivity contribution in [1.29, 1.82) is 5.26 Å². The van der Waals surface area contributed by atoms with Crippen LogP contribution >= 0.6 is 22.9 Å². The predicted octanol–water partition coefficient (Wildman–Crippen LogP) is 6.50. The summed E-state index contributed by atoms with van der Waals surface area (Å²) in [5, 5.41) is 14.0. The van der Waals surface area contributed by atoms with Crippen molar-refractivity contribution in [2.45, 2.75) is 26.3 Å². The standard InChI is InChI=1S/C21H19ClN2S/c1-2-8-19-20(24-14-16-11-6-7-12-18(16)22)17(13-23)21(25-19)15-9-4-3-5-10-15/h3-7,9-12,24H,2,8,14H2,1H3. The highest BCUT2D eigenvalue weighted by Gasteiger charge is 2.19. The summed E-state index contributed by atoms with van der Waals surface area (Å²) in [7, 11) is 0. The van der Waals surface area contributed by atoms with E-state index in [0.717, 1.165) is 45.1 Å². The van der Waals surface area contributed by atoms with Crippen LogP contribution < -0.4 is 5.32 Å². The largest absolute Gasteiger partial charge is 0.379 e. The number of benzene rings is 2. The number of thiophene rings is 1. The zero-order valence-electron chi connectivity index (χ0n) is 14.1. The summed E-state index contributed by atoms with van der Waals surface area (Å²) >= 11 is 7.97. The quantitative estimate of drug-likeness (QED) is 0.540. The van der Waals surface area contributed by atoms with E-state index < -0.39 is 0 Å². The fourth-order valence-corrected chi connectivity index (χ4v) is 4.33. The minimum absolute atomic E-state index is 0.607. The van der Waals surface area contributed by atoms with Gasteiger partial charge in [-0.2, -0.15) is 5.26 Å². The van der Waals surface area contributed by atoms with Gasteiger partial charge in [-0.3, -0.25) is 0 Å². The highest BCUT2D eigenvalue weighted by Crippen LogP contribution is 2.40. The molecule has 25 heavy (non-hydrogen) atoms. The lowest BCUT2D eigenvalue weighted by atomic mass is 10.1. The van der Waals surface area contributed by atoms with E-state index in [1.165, 1.54) is 4.88 Å². The third-order valence-corrected chi connectivity index (χ3v) is 5.69. The van der Waals surface area contributed by atoms with Crippen molar-refractivity contribution in [3.63, 3.8) is 0 Å². The first-order chi connectivity index (χ1) is 12.2. The highest BCUT2D eigenvalue weighted by atomic mass is 35.5. The van der Waals surface area contributed by atoms with Gasteiger partial charge in [-0.15, -0.1) is 11.3 Å². The maximum absolute atomic E-state index is 9.78. The molecule has 2 aromatic carbocycles. The molecule has 3 rings (SSSR count). The number of anilines is 1. The molecule has 1 heterocycles. The van der Waals surface area contributed by atoms with Crippen LogP contribution in [0.2, 0.25) is 5.02 Å². The molecule has 0 aliphatic heterocycles. The van der Waals surface area contributed by atoms with Crippen molar-refractivity contribution in [1.82, 2.24) is 0 Å². The molecule has 0 bridgehead atoms. The van der Waals surface area contributed by atoms with Gasteiger partial charge in [0.25, 0.3) is 0 Å². The van der Waals surface area contributed by atoms with Crippen molar-refractivity contribution in [3.8, 4) is 16.5 Å². The molecule has 0 spiro atoms. The summed E-state index contributed by atoms with van der Waals surface area (Å²) in [5.74, 6) is 0. The number of nitrogens with one attached hydrogen (secondary N) is 1. The van der Waals surface area contributed by atoms with Gasteiger partial charge in [-0.05, 0) is 23.6 Å². The molecule has 0 aliphatic carbocycles. The smallest absolute Gasteiger partial charge is 0.103 e. The summed E-state index contributed by atoms with van der Waals surface area (Å²) in [6.45, 7) is 2.77. The van der Waals surface area contributed by atoms with E-state index in [0.29, 0.717) is 6.54 Å². The Morgan fingerprint density at radius 2 is 1.80 bits per heavy atom. The van der Waals surface area contributed by atoms with Gasteiger partial charge in [0.1, 0.15) is 6.07 Å². The highest BCUT2D eigenvalue weighted by molar-refractivity contribution is 7.16. The van der Waals surface area contributed by atoms with Crippen molar-refractivity contribution >= 4 is 28.6 Å². The zero-order valence-corrected chi connectivity index (χ0v) is 15.6. The van der Waals surface area contributed by atoms with Gasteiger partial charge in [0.2, 0.25) is 0 Å². The van der Waals surface area contributed by atoms with Gasteiger partial charge in [-0.1, -0.05) is 73.5 Å². The predicted molar refractivity (Wildman–Crippen MR) is 107 cm³/mol. The summed E-state index contributed by atoms with van der Waals surface area (Å²) in [6, 6.07) is 20.3. The van der Waals surface area contributed by atoms with Gasteiger partial charge < -0.3 is 5.32 Å².